The summed E-state index contributed by atoms with van der Waals surface area (Å²) >= 11 is 1.85. The summed E-state index contributed by atoms with van der Waals surface area (Å²) in [5.74, 6) is 1.08. The molecule has 2 aliphatic rings. The van der Waals surface area contributed by atoms with Crippen molar-refractivity contribution in [3.05, 3.63) is 57.5 Å². The molecule has 1 N–H and O–H groups in total. The predicted molar refractivity (Wildman–Crippen MR) is 98.9 cm³/mol. The first-order valence-corrected chi connectivity index (χ1v) is 9.41. The number of hydrogen-bond donors (Lipinski definition) is 1. The molecule has 1 aromatic carbocycles. The molecule has 126 valence electrons. The van der Waals surface area contributed by atoms with E-state index in [1.165, 1.54) is 5.04 Å². The third-order valence-electron chi connectivity index (χ3n) is 4.70. The highest BCUT2D eigenvalue weighted by Gasteiger charge is 2.25. The number of nitrogens with zero attached hydrogens (tertiary/aromatic N) is 3. The molecule has 0 saturated carbocycles. The zero-order valence-corrected chi connectivity index (χ0v) is 14.7. The average Bonchev–Trinajstić information content (AvgIpc) is 3.12. The number of aromatic nitrogens is 2. The summed E-state index contributed by atoms with van der Waals surface area (Å²) in [6.45, 7) is 5.44. The minimum atomic E-state index is 0.138. The molecule has 0 saturated heterocycles. The van der Waals surface area contributed by atoms with Crippen LogP contribution in [0.3, 0.4) is 0 Å². The largest absolute Gasteiger partial charge is 0.298 e. The van der Waals surface area contributed by atoms with E-state index in [2.05, 4.69) is 34.0 Å². The molecule has 0 spiro atoms. The van der Waals surface area contributed by atoms with Crippen LogP contribution in [0.2, 0.25) is 0 Å². The first-order valence-electron chi connectivity index (χ1n) is 8.43. The van der Waals surface area contributed by atoms with Gasteiger partial charge >= 0.3 is 0 Å². The summed E-state index contributed by atoms with van der Waals surface area (Å²) in [7, 11) is 0. The molecule has 0 aliphatic carbocycles. The molecule has 2 aliphatic heterocycles. The SMILES string of the molecule is CC1=NC(CN2CCc3c([nH]n(Cc4ccccc4)c3=O)C2)CS1. The van der Waals surface area contributed by atoms with Crippen LogP contribution >= 0.6 is 11.8 Å². The second-order valence-corrected chi connectivity index (χ2v) is 7.76. The highest BCUT2D eigenvalue weighted by molar-refractivity contribution is 8.14. The lowest BCUT2D eigenvalue weighted by Gasteiger charge is -2.27. The Morgan fingerprint density at radius 3 is 2.92 bits per heavy atom. The smallest absolute Gasteiger partial charge is 0.270 e. The molecule has 1 aromatic heterocycles. The van der Waals surface area contributed by atoms with E-state index in [0.717, 1.165) is 48.6 Å². The van der Waals surface area contributed by atoms with Gasteiger partial charge in [-0.15, -0.1) is 11.8 Å². The number of rotatable bonds is 4. The average molecular weight is 342 g/mol. The molecule has 4 rings (SSSR count). The predicted octanol–water partition coefficient (Wildman–Crippen LogP) is 2.12. The Kier molecular flexibility index (Phi) is 4.33. The Labute approximate surface area is 145 Å². The van der Waals surface area contributed by atoms with E-state index in [-0.39, 0.29) is 5.56 Å². The van der Waals surface area contributed by atoms with Gasteiger partial charge < -0.3 is 0 Å². The van der Waals surface area contributed by atoms with Gasteiger partial charge in [0.15, 0.2) is 0 Å². The van der Waals surface area contributed by atoms with Crippen LogP contribution in [0.4, 0.5) is 0 Å². The van der Waals surface area contributed by atoms with E-state index < -0.39 is 0 Å². The van der Waals surface area contributed by atoms with Gasteiger partial charge in [-0.1, -0.05) is 30.3 Å². The van der Waals surface area contributed by atoms with Crippen LogP contribution in [0, 0.1) is 0 Å². The molecule has 3 heterocycles. The van der Waals surface area contributed by atoms with Gasteiger partial charge in [0.2, 0.25) is 0 Å². The molecular weight excluding hydrogens is 320 g/mol. The molecule has 1 unspecified atom stereocenters. The zero-order valence-electron chi connectivity index (χ0n) is 13.9. The number of aliphatic imine (C=N–C) groups is 1. The summed E-state index contributed by atoms with van der Waals surface area (Å²) in [5, 5.41) is 4.53. The Hall–Kier alpha value is -1.79. The van der Waals surface area contributed by atoms with E-state index in [0.29, 0.717) is 12.6 Å². The van der Waals surface area contributed by atoms with Gasteiger partial charge in [-0.3, -0.25) is 19.8 Å². The summed E-state index contributed by atoms with van der Waals surface area (Å²) in [6, 6.07) is 10.5. The number of nitrogens with one attached hydrogen (secondary N) is 1. The molecule has 1 atom stereocenters. The third kappa shape index (κ3) is 3.21. The van der Waals surface area contributed by atoms with Crippen LogP contribution in [0.25, 0.3) is 0 Å². The summed E-state index contributed by atoms with van der Waals surface area (Å²) in [6.07, 6.45) is 0.828. The second-order valence-electron chi connectivity index (χ2n) is 6.54. The van der Waals surface area contributed by atoms with Gasteiger partial charge in [0.05, 0.1) is 23.3 Å². The van der Waals surface area contributed by atoms with Crippen molar-refractivity contribution in [1.82, 2.24) is 14.7 Å². The van der Waals surface area contributed by atoms with Crippen LogP contribution in [-0.2, 0) is 19.5 Å². The van der Waals surface area contributed by atoms with E-state index >= 15 is 0 Å². The Bertz CT molecular complexity index is 808. The van der Waals surface area contributed by atoms with Gasteiger partial charge in [0, 0.05) is 31.0 Å². The summed E-state index contributed by atoms with van der Waals surface area (Å²) in [4.78, 5) is 19.7. The first-order chi connectivity index (χ1) is 11.7. The van der Waals surface area contributed by atoms with E-state index in [9.17, 15) is 4.79 Å². The maximum atomic E-state index is 12.6. The normalized spacial score (nSPS) is 20.9. The van der Waals surface area contributed by atoms with Gasteiger partial charge in [-0.05, 0) is 18.9 Å². The number of fused-ring (bicyclic) bond motifs is 1. The lowest BCUT2D eigenvalue weighted by molar-refractivity contribution is 0.241. The van der Waals surface area contributed by atoms with Crippen molar-refractivity contribution in [2.45, 2.75) is 32.5 Å². The van der Waals surface area contributed by atoms with E-state index in [1.54, 1.807) is 4.68 Å². The van der Waals surface area contributed by atoms with Crippen molar-refractivity contribution in [3.63, 3.8) is 0 Å². The fraction of sp³-hybridized carbons (Fsp3) is 0.444. The Balaban J connectivity index is 1.48. The van der Waals surface area contributed by atoms with E-state index in [1.807, 2.05) is 30.0 Å². The van der Waals surface area contributed by atoms with Crippen molar-refractivity contribution in [1.29, 1.82) is 0 Å². The second kappa shape index (κ2) is 6.61. The fourth-order valence-corrected chi connectivity index (χ4v) is 4.34. The molecular formula is C18H22N4OS. The van der Waals surface area contributed by atoms with Crippen molar-refractivity contribution < 1.29 is 0 Å². The zero-order chi connectivity index (χ0) is 16.5. The quantitative estimate of drug-likeness (QED) is 0.926. The van der Waals surface area contributed by atoms with Crippen LogP contribution < -0.4 is 5.56 Å². The highest BCUT2D eigenvalue weighted by Crippen LogP contribution is 2.21. The van der Waals surface area contributed by atoms with Crippen molar-refractivity contribution >= 4 is 16.8 Å². The van der Waals surface area contributed by atoms with Gasteiger partial charge in [-0.2, -0.15) is 0 Å². The lowest BCUT2D eigenvalue weighted by atomic mass is 10.1. The number of thioether (sulfide) groups is 1. The van der Waals surface area contributed by atoms with Crippen molar-refractivity contribution in [2.24, 2.45) is 4.99 Å². The minimum absolute atomic E-state index is 0.138. The maximum Gasteiger partial charge on any atom is 0.270 e. The van der Waals surface area contributed by atoms with Crippen LogP contribution in [-0.4, -0.2) is 44.6 Å². The van der Waals surface area contributed by atoms with Gasteiger partial charge in [0.1, 0.15) is 0 Å². The lowest BCUT2D eigenvalue weighted by Crippen LogP contribution is -2.37. The van der Waals surface area contributed by atoms with Crippen LogP contribution in [0.1, 0.15) is 23.7 Å². The minimum Gasteiger partial charge on any atom is -0.298 e. The molecule has 0 bridgehead atoms. The number of H-pyrrole nitrogens is 1. The number of hydrogen-bond acceptors (Lipinski definition) is 4. The molecule has 0 fully saturated rings. The molecule has 5 nitrogen and oxygen atoms in total. The topological polar surface area (TPSA) is 53.4 Å². The molecule has 0 amide bonds. The summed E-state index contributed by atoms with van der Waals surface area (Å²) in [5.41, 5.74) is 3.32. The standard InChI is InChI=1S/C18H22N4OS/c1-13-19-15(12-24-13)10-21-8-7-16-17(11-21)20-22(18(16)23)9-14-5-3-2-4-6-14/h2-6,15,20H,7-12H2,1H3. The van der Waals surface area contributed by atoms with Gasteiger partial charge in [-0.25, -0.2) is 4.68 Å². The molecule has 24 heavy (non-hydrogen) atoms. The van der Waals surface area contributed by atoms with Crippen LogP contribution in [0.5, 0.6) is 0 Å². The Morgan fingerprint density at radius 2 is 2.17 bits per heavy atom. The maximum absolute atomic E-state index is 12.6. The van der Waals surface area contributed by atoms with Gasteiger partial charge in [0.25, 0.3) is 5.56 Å². The molecule has 6 heteroatoms. The molecule has 0 radical (unpaired) electrons. The van der Waals surface area contributed by atoms with E-state index in [4.69, 9.17) is 0 Å². The fourth-order valence-electron chi connectivity index (χ4n) is 3.51. The van der Waals surface area contributed by atoms with Crippen LogP contribution in [0.15, 0.2) is 40.1 Å². The first kappa shape index (κ1) is 15.7. The Morgan fingerprint density at radius 1 is 1.33 bits per heavy atom. The highest BCUT2D eigenvalue weighted by atomic mass is 32.2. The monoisotopic (exact) mass is 342 g/mol. The number of benzene rings is 1. The van der Waals surface area contributed by atoms with Crippen molar-refractivity contribution in [3.8, 4) is 0 Å². The van der Waals surface area contributed by atoms with Crippen molar-refractivity contribution in [2.75, 3.05) is 18.8 Å². The third-order valence-corrected chi connectivity index (χ3v) is 5.77. The number of aromatic amines is 1. The molecule has 2 aromatic rings. The summed E-state index contributed by atoms with van der Waals surface area (Å²) < 4.78 is 1.75.